The summed E-state index contributed by atoms with van der Waals surface area (Å²) in [6, 6.07) is 52.3. The largest absolute Gasteiger partial charge is 0.292 e. The Balaban J connectivity index is 0.000000890. The van der Waals surface area contributed by atoms with Gasteiger partial charge in [-0.2, -0.15) is 0 Å². The summed E-state index contributed by atoms with van der Waals surface area (Å²) in [4.78, 5) is 20.2. The summed E-state index contributed by atoms with van der Waals surface area (Å²) in [5, 5.41) is 1.90. The smallest absolute Gasteiger partial charge is 0.159 e. The number of aromatic nitrogens is 5. The summed E-state index contributed by atoms with van der Waals surface area (Å²) in [5.74, 6) is 1.51. The van der Waals surface area contributed by atoms with E-state index in [1.807, 2.05) is 54.9 Å². The maximum absolute atomic E-state index is 5.39. The predicted molar refractivity (Wildman–Crippen MR) is 212 cm³/mol. The molecule has 0 saturated heterocycles. The number of rotatable bonds is 6. The van der Waals surface area contributed by atoms with Crippen LogP contribution in [-0.2, 0) is 0 Å². The molecule has 3 aromatic heterocycles. The summed E-state index contributed by atoms with van der Waals surface area (Å²) in [6.45, 7) is 6.72. The molecule has 242 valence electrons. The van der Waals surface area contributed by atoms with E-state index in [9.17, 15) is 0 Å². The SMILES string of the molecule is C=CC=C.c1ccc(-c2ncc3c(-n4c(-c5c(-c6ccccc6)cccc5-c5ccccc5)nc5ccccc54)cc4cccnc4c3n2)cc1. The first kappa shape index (κ1) is 31.3. The molecule has 9 aromatic rings. The second-order valence-corrected chi connectivity index (χ2v) is 12.0. The molecule has 0 radical (unpaired) electrons. The Morgan fingerprint density at radius 1 is 0.529 bits per heavy atom. The van der Waals surface area contributed by atoms with Gasteiger partial charge in [0.25, 0.3) is 0 Å². The first-order valence-corrected chi connectivity index (χ1v) is 16.8. The van der Waals surface area contributed by atoms with Gasteiger partial charge in [-0.05, 0) is 46.5 Å². The average molecular weight is 656 g/mol. The highest BCUT2D eigenvalue weighted by Crippen LogP contribution is 2.43. The Morgan fingerprint density at radius 3 is 1.78 bits per heavy atom. The molecule has 0 fully saturated rings. The number of pyridine rings is 1. The van der Waals surface area contributed by atoms with Gasteiger partial charge in [-0.25, -0.2) is 15.0 Å². The predicted octanol–water partition coefficient (Wildman–Crippen LogP) is 11.5. The van der Waals surface area contributed by atoms with Crippen LogP contribution < -0.4 is 0 Å². The van der Waals surface area contributed by atoms with Gasteiger partial charge in [0.15, 0.2) is 5.82 Å². The molecule has 51 heavy (non-hydrogen) atoms. The molecule has 6 aromatic carbocycles. The number of imidazole rings is 1. The Labute approximate surface area is 296 Å². The molecular formula is C46H33N5. The van der Waals surface area contributed by atoms with E-state index in [1.165, 1.54) is 0 Å². The zero-order chi connectivity index (χ0) is 34.6. The molecule has 0 spiro atoms. The lowest BCUT2D eigenvalue weighted by molar-refractivity contribution is 1.11. The molecule has 0 unspecified atom stereocenters. The van der Waals surface area contributed by atoms with E-state index in [0.29, 0.717) is 5.82 Å². The van der Waals surface area contributed by atoms with Gasteiger partial charge in [-0.3, -0.25) is 9.55 Å². The first-order valence-electron chi connectivity index (χ1n) is 16.8. The third kappa shape index (κ3) is 5.87. The second-order valence-electron chi connectivity index (χ2n) is 12.0. The fourth-order valence-corrected chi connectivity index (χ4v) is 6.57. The third-order valence-corrected chi connectivity index (χ3v) is 8.88. The zero-order valence-corrected chi connectivity index (χ0v) is 27.9. The minimum atomic E-state index is 0.665. The van der Waals surface area contributed by atoms with Gasteiger partial charge in [0.05, 0.1) is 22.2 Å². The molecule has 9 rings (SSSR count). The summed E-state index contributed by atoms with van der Waals surface area (Å²) in [5.41, 5.74) is 11.0. The van der Waals surface area contributed by atoms with Crippen molar-refractivity contribution in [3.63, 3.8) is 0 Å². The molecule has 3 heterocycles. The van der Waals surface area contributed by atoms with E-state index < -0.39 is 0 Å². The first-order chi connectivity index (χ1) is 25.2. The molecule has 0 atom stereocenters. The lowest BCUT2D eigenvalue weighted by Crippen LogP contribution is -2.03. The number of para-hydroxylation sites is 2. The van der Waals surface area contributed by atoms with Crippen LogP contribution in [-0.4, -0.2) is 24.5 Å². The molecule has 5 heteroatoms. The van der Waals surface area contributed by atoms with Crippen LogP contribution in [0.3, 0.4) is 0 Å². The maximum atomic E-state index is 5.39. The van der Waals surface area contributed by atoms with Crippen molar-refractivity contribution in [3.05, 3.63) is 189 Å². The molecule has 0 amide bonds. The maximum Gasteiger partial charge on any atom is 0.159 e. The topological polar surface area (TPSA) is 56.5 Å². The lowest BCUT2D eigenvalue weighted by atomic mass is 9.91. The molecule has 0 bridgehead atoms. The Bertz CT molecular complexity index is 2600. The monoisotopic (exact) mass is 655 g/mol. The highest BCUT2D eigenvalue weighted by molar-refractivity contribution is 6.08. The third-order valence-electron chi connectivity index (χ3n) is 8.88. The summed E-state index contributed by atoms with van der Waals surface area (Å²) < 4.78 is 2.28. The van der Waals surface area contributed by atoms with Gasteiger partial charge in [-0.1, -0.05) is 153 Å². The number of hydrogen-bond acceptors (Lipinski definition) is 4. The fraction of sp³-hybridized carbons (Fsp3) is 0. The van der Waals surface area contributed by atoms with Gasteiger partial charge >= 0.3 is 0 Å². The van der Waals surface area contributed by atoms with Crippen LogP contribution in [0.4, 0.5) is 0 Å². The van der Waals surface area contributed by atoms with Gasteiger partial charge < -0.3 is 0 Å². The van der Waals surface area contributed by atoms with Crippen molar-refractivity contribution in [2.24, 2.45) is 0 Å². The minimum Gasteiger partial charge on any atom is -0.292 e. The van der Waals surface area contributed by atoms with Gasteiger partial charge in [0.1, 0.15) is 11.3 Å². The fourth-order valence-electron chi connectivity index (χ4n) is 6.57. The van der Waals surface area contributed by atoms with E-state index in [4.69, 9.17) is 19.9 Å². The number of benzene rings is 6. The highest BCUT2D eigenvalue weighted by Gasteiger charge is 2.24. The Kier molecular flexibility index (Phi) is 8.51. The highest BCUT2D eigenvalue weighted by atomic mass is 15.1. The van der Waals surface area contributed by atoms with Crippen LogP contribution >= 0.6 is 0 Å². The molecule has 5 nitrogen and oxygen atoms in total. The molecule has 0 aliphatic carbocycles. The van der Waals surface area contributed by atoms with Gasteiger partial charge in [0, 0.05) is 34.3 Å². The van der Waals surface area contributed by atoms with Crippen molar-refractivity contribution in [2.75, 3.05) is 0 Å². The van der Waals surface area contributed by atoms with Crippen molar-refractivity contribution >= 4 is 32.8 Å². The van der Waals surface area contributed by atoms with Gasteiger partial charge in [-0.15, -0.1) is 0 Å². The van der Waals surface area contributed by atoms with Crippen LogP contribution in [0.2, 0.25) is 0 Å². The summed E-state index contributed by atoms with van der Waals surface area (Å²) in [7, 11) is 0. The normalized spacial score (nSPS) is 10.9. The number of allylic oxidation sites excluding steroid dienone is 2. The van der Waals surface area contributed by atoms with E-state index in [0.717, 1.165) is 77.7 Å². The van der Waals surface area contributed by atoms with Crippen molar-refractivity contribution in [1.82, 2.24) is 24.5 Å². The molecule has 0 aliphatic heterocycles. The minimum absolute atomic E-state index is 0.665. The van der Waals surface area contributed by atoms with E-state index in [-0.39, 0.29) is 0 Å². The van der Waals surface area contributed by atoms with Crippen molar-refractivity contribution in [3.8, 4) is 50.7 Å². The average Bonchev–Trinajstić information content (AvgIpc) is 3.60. The number of hydrogen-bond donors (Lipinski definition) is 0. The quantitative estimate of drug-likeness (QED) is 0.132. The number of fused-ring (bicyclic) bond motifs is 4. The summed E-state index contributed by atoms with van der Waals surface area (Å²) >= 11 is 0. The summed E-state index contributed by atoms with van der Waals surface area (Å²) in [6.07, 6.45) is 7.04. The van der Waals surface area contributed by atoms with Crippen LogP contribution in [0.25, 0.3) is 83.6 Å². The molecular weight excluding hydrogens is 623 g/mol. The van der Waals surface area contributed by atoms with Crippen molar-refractivity contribution in [2.45, 2.75) is 0 Å². The molecule has 0 N–H and O–H groups in total. The van der Waals surface area contributed by atoms with Crippen LogP contribution in [0, 0.1) is 0 Å². The Hall–Kier alpha value is -6.98. The zero-order valence-electron chi connectivity index (χ0n) is 27.9. The standard InChI is InChI=1S/C42H27N5.C4H6/c1-4-14-28(15-5-1)32-21-12-22-33(29-16-6-2-7-17-29)38(32)42-45-35-23-10-11-24-36(35)47(42)37-26-31-20-13-25-43-39(31)40-34(37)27-44-41(46-40)30-18-8-3-9-19-30;1-3-4-2/h1-27H;3-4H,1-2H2. The van der Waals surface area contributed by atoms with Crippen LogP contribution in [0.1, 0.15) is 0 Å². The molecule has 0 saturated carbocycles. The number of nitrogens with zero attached hydrogens (tertiary/aromatic N) is 5. The second kappa shape index (κ2) is 13.9. The van der Waals surface area contributed by atoms with Crippen molar-refractivity contribution < 1.29 is 0 Å². The van der Waals surface area contributed by atoms with Crippen molar-refractivity contribution in [1.29, 1.82) is 0 Å². The van der Waals surface area contributed by atoms with Crippen LogP contribution in [0.15, 0.2) is 189 Å². The van der Waals surface area contributed by atoms with E-state index in [1.54, 1.807) is 12.2 Å². The van der Waals surface area contributed by atoms with Crippen LogP contribution in [0.5, 0.6) is 0 Å². The van der Waals surface area contributed by atoms with E-state index >= 15 is 0 Å². The lowest BCUT2D eigenvalue weighted by Gasteiger charge is -2.19. The Morgan fingerprint density at radius 2 is 1.14 bits per heavy atom. The molecule has 0 aliphatic rings. The van der Waals surface area contributed by atoms with Gasteiger partial charge in [0.2, 0.25) is 0 Å². The van der Waals surface area contributed by atoms with E-state index in [2.05, 4.69) is 127 Å².